The van der Waals surface area contributed by atoms with Crippen molar-refractivity contribution in [2.45, 2.75) is 39.2 Å². The summed E-state index contributed by atoms with van der Waals surface area (Å²) >= 11 is 6.23. The lowest BCUT2D eigenvalue weighted by atomic mass is 9.95. The Balaban J connectivity index is 2.19. The van der Waals surface area contributed by atoms with E-state index in [4.69, 9.17) is 17.4 Å². The third-order valence-corrected chi connectivity index (χ3v) is 4.23. The Morgan fingerprint density at radius 3 is 2.62 bits per heavy atom. The van der Waals surface area contributed by atoms with E-state index in [-0.39, 0.29) is 6.04 Å². The number of halogens is 1. The maximum absolute atomic E-state index is 6.23. The van der Waals surface area contributed by atoms with Crippen molar-refractivity contribution in [1.29, 1.82) is 0 Å². The normalized spacial score (nSPS) is 19.8. The van der Waals surface area contributed by atoms with E-state index in [1.165, 1.54) is 12.8 Å². The summed E-state index contributed by atoms with van der Waals surface area (Å²) in [6.07, 6.45) is 3.30. The summed E-state index contributed by atoms with van der Waals surface area (Å²) in [4.78, 5) is 0. The molecule has 0 spiro atoms. The molecule has 5 heteroatoms. The number of rotatable bonds is 4. The fraction of sp³-hybridized carbons (Fsp3) is 0.727. The van der Waals surface area contributed by atoms with Gasteiger partial charge in [0.2, 0.25) is 0 Å². The molecule has 1 unspecified atom stereocenters. The average molecular weight is 243 g/mol. The maximum atomic E-state index is 6.23. The van der Waals surface area contributed by atoms with Crippen LogP contribution in [0, 0.1) is 12.3 Å². The van der Waals surface area contributed by atoms with Gasteiger partial charge in [-0.25, -0.2) is 0 Å². The zero-order valence-electron chi connectivity index (χ0n) is 10.0. The first-order chi connectivity index (χ1) is 7.48. The lowest BCUT2D eigenvalue weighted by Crippen LogP contribution is -2.43. The SMILES string of the molecule is Cc1nn(C)c(CC(NN)C2(C)CC2)c1Cl. The minimum Gasteiger partial charge on any atom is -0.271 e. The van der Waals surface area contributed by atoms with Crippen LogP contribution in [0.15, 0.2) is 0 Å². The van der Waals surface area contributed by atoms with Gasteiger partial charge in [-0.2, -0.15) is 5.10 Å². The van der Waals surface area contributed by atoms with Crippen LogP contribution in [0.25, 0.3) is 0 Å². The van der Waals surface area contributed by atoms with Crippen molar-refractivity contribution in [3.8, 4) is 0 Å². The van der Waals surface area contributed by atoms with Crippen LogP contribution in [0.1, 0.15) is 31.2 Å². The summed E-state index contributed by atoms with van der Waals surface area (Å²) in [6, 6.07) is 0.278. The van der Waals surface area contributed by atoms with Gasteiger partial charge >= 0.3 is 0 Å². The summed E-state index contributed by atoms with van der Waals surface area (Å²) in [5, 5.41) is 5.09. The van der Waals surface area contributed by atoms with Crippen LogP contribution in [-0.2, 0) is 13.5 Å². The quantitative estimate of drug-likeness (QED) is 0.622. The molecule has 3 N–H and O–H groups in total. The monoisotopic (exact) mass is 242 g/mol. The maximum Gasteiger partial charge on any atom is 0.0847 e. The van der Waals surface area contributed by atoms with Gasteiger partial charge in [0.25, 0.3) is 0 Å². The van der Waals surface area contributed by atoms with Crippen LogP contribution < -0.4 is 11.3 Å². The van der Waals surface area contributed by atoms with Gasteiger partial charge in [-0.05, 0) is 25.2 Å². The largest absolute Gasteiger partial charge is 0.271 e. The zero-order chi connectivity index (χ0) is 11.9. The van der Waals surface area contributed by atoms with Crippen LogP contribution >= 0.6 is 11.6 Å². The number of hydrogen-bond donors (Lipinski definition) is 2. The molecule has 0 aliphatic heterocycles. The highest BCUT2D eigenvalue weighted by atomic mass is 35.5. The minimum absolute atomic E-state index is 0.278. The highest BCUT2D eigenvalue weighted by Gasteiger charge is 2.44. The predicted molar refractivity (Wildman–Crippen MR) is 65.1 cm³/mol. The van der Waals surface area contributed by atoms with Crippen molar-refractivity contribution in [3.63, 3.8) is 0 Å². The molecule has 0 amide bonds. The molecule has 1 atom stereocenters. The molecule has 1 aromatic heterocycles. The van der Waals surface area contributed by atoms with Gasteiger partial charge in [-0.3, -0.25) is 16.0 Å². The van der Waals surface area contributed by atoms with Gasteiger partial charge in [0.15, 0.2) is 0 Å². The lowest BCUT2D eigenvalue weighted by Gasteiger charge is -2.22. The Labute approximate surface area is 101 Å². The highest BCUT2D eigenvalue weighted by molar-refractivity contribution is 6.31. The van der Waals surface area contributed by atoms with Crippen molar-refractivity contribution in [2.24, 2.45) is 18.3 Å². The van der Waals surface area contributed by atoms with E-state index in [0.29, 0.717) is 5.41 Å². The summed E-state index contributed by atoms with van der Waals surface area (Å²) in [7, 11) is 1.93. The number of nitrogens with two attached hydrogens (primary N) is 1. The third-order valence-electron chi connectivity index (χ3n) is 3.74. The molecule has 2 rings (SSSR count). The number of hydrazine groups is 1. The molecule has 0 saturated heterocycles. The number of aromatic nitrogens is 2. The van der Waals surface area contributed by atoms with Gasteiger partial charge in [0.1, 0.15) is 0 Å². The Bertz CT molecular complexity index is 395. The van der Waals surface area contributed by atoms with Gasteiger partial charge in [0.05, 0.1) is 16.4 Å². The summed E-state index contributed by atoms with van der Waals surface area (Å²) in [5.41, 5.74) is 5.20. The van der Waals surface area contributed by atoms with Crippen molar-refractivity contribution >= 4 is 11.6 Å². The number of nitrogens with zero attached hydrogens (tertiary/aromatic N) is 2. The molecule has 1 saturated carbocycles. The first-order valence-corrected chi connectivity index (χ1v) is 6.00. The van der Waals surface area contributed by atoms with E-state index in [9.17, 15) is 0 Å². The molecule has 1 fully saturated rings. The first kappa shape index (κ1) is 11.9. The first-order valence-electron chi connectivity index (χ1n) is 5.62. The van der Waals surface area contributed by atoms with E-state index < -0.39 is 0 Å². The second-order valence-electron chi connectivity index (χ2n) is 5.05. The van der Waals surface area contributed by atoms with Gasteiger partial charge in [-0.15, -0.1) is 0 Å². The van der Waals surface area contributed by atoms with E-state index in [2.05, 4.69) is 17.4 Å². The van der Waals surface area contributed by atoms with Gasteiger partial charge in [0, 0.05) is 19.5 Å². The molecule has 0 bridgehead atoms. The van der Waals surface area contributed by atoms with Crippen LogP contribution in [0.5, 0.6) is 0 Å². The Kier molecular flexibility index (Phi) is 2.99. The van der Waals surface area contributed by atoms with Crippen LogP contribution in [0.4, 0.5) is 0 Å². The molecule has 1 heterocycles. The van der Waals surface area contributed by atoms with E-state index in [0.717, 1.165) is 22.8 Å². The predicted octanol–water partition coefficient (Wildman–Crippen LogP) is 1.56. The summed E-state index contributed by atoms with van der Waals surface area (Å²) in [5.74, 6) is 5.63. The topological polar surface area (TPSA) is 55.9 Å². The Hall–Kier alpha value is -0.580. The molecule has 1 aliphatic carbocycles. The molecule has 0 radical (unpaired) electrons. The van der Waals surface area contributed by atoms with Crippen molar-refractivity contribution in [2.75, 3.05) is 0 Å². The molecule has 4 nitrogen and oxygen atoms in total. The zero-order valence-corrected chi connectivity index (χ0v) is 10.8. The minimum atomic E-state index is 0.278. The fourth-order valence-corrected chi connectivity index (χ4v) is 2.38. The van der Waals surface area contributed by atoms with Crippen LogP contribution in [0.2, 0.25) is 5.02 Å². The van der Waals surface area contributed by atoms with Gasteiger partial charge in [-0.1, -0.05) is 18.5 Å². The summed E-state index contributed by atoms with van der Waals surface area (Å²) in [6.45, 7) is 4.18. The lowest BCUT2D eigenvalue weighted by molar-refractivity contribution is 0.353. The fourth-order valence-electron chi connectivity index (χ4n) is 2.15. The van der Waals surface area contributed by atoms with Crippen LogP contribution in [0.3, 0.4) is 0 Å². The van der Waals surface area contributed by atoms with E-state index >= 15 is 0 Å². The molecular weight excluding hydrogens is 224 g/mol. The Morgan fingerprint density at radius 1 is 1.62 bits per heavy atom. The second-order valence-corrected chi connectivity index (χ2v) is 5.43. The third kappa shape index (κ3) is 1.97. The highest BCUT2D eigenvalue weighted by Crippen LogP contribution is 2.49. The summed E-state index contributed by atoms with van der Waals surface area (Å²) < 4.78 is 1.85. The molecule has 16 heavy (non-hydrogen) atoms. The molecule has 90 valence electrons. The molecule has 0 aromatic carbocycles. The smallest absolute Gasteiger partial charge is 0.0847 e. The van der Waals surface area contributed by atoms with Crippen molar-refractivity contribution in [1.82, 2.24) is 15.2 Å². The number of hydrogen-bond acceptors (Lipinski definition) is 3. The van der Waals surface area contributed by atoms with E-state index in [1.54, 1.807) is 0 Å². The molecular formula is C11H19ClN4. The van der Waals surface area contributed by atoms with Crippen molar-refractivity contribution < 1.29 is 0 Å². The van der Waals surface area contributed by atoms with Crippen LogP contribution in [-0.4, -0.2) is 15.8 Å². The van der Waals surface area contributed by atoms with Crippen molar-refractivity contribution in [3.05, 3.63) is 16.4 Å². The van der Waals surface area contributed by atoms with E-state index in [1.807, 2.05) is 18.7 Å². The standard InChI is InChI=1S/C11H19ClN4/c1-7-10(12)8(16(3)15-7)6-9(14-13)11(2)4-5-11/h9,14H,4-6,13H2,1-3H3. The Morgan fingerprint density at radius 2 is 2.25 bits per heavy atom. The molecule has 1 aromatic rings. The number of nitrogens with one attached hydrogen (secondary N) is 1. The second kappa shape index (κ2) is 4.02. The average Bonchev–Trinajstić information content (AvgIpc) is 2.92. The molecule has 1 aliphatic rings. The number of aryl methyl sites for hydroxylation is 2. The van der Waals surface area contributed by atoms with Gasteiger partial charge < -0.3 is 0 Å².